The lowest BCUT2D eigenvalue weighted by molar-refractivity contribution is 0.102. The number of halogens is 1. The van der Waals surface area contributed by atoms with Crippen LogP contribution in [-0.2, 0) is 0 Å². The molecular formula is C23H19ClN2O4. The van der Waals surface area contributed by atoms with E-state index in [-0.39, 0.29) is 5.91 Å². The number of nitrogens with zero attached hydrogens (tertiary/aromatic N) is 1. The van der Waals surface area contributed by atoms with Crippen molar-refractivity contribution in [1.29, 1.82) is 0 Å². The largest absolute Gasteiger partial charge is 0.495 e. The Kier molecular flexibility index (Phi) is 5.59. The summed E-state index contributed by atoms with van der Waals surface area (Å²) in [6.07, 6.45) is 0. The van der Waals surface area contributed by atoms with Gasteiger partial charge in [0.05, 0.1) is 24.4 Å². The van der Waals surface area contributed by atoms with E-state index in [4.69, 9.17) is 25.5 Å². The number of carbonyl (C=O) groups excluding carboxylic acids is 1. The summed E-state index contributed by atoms with van der Waals surface area (Å²) in [5.41, 5.74) is 3.06. The van der Waals surface area contributed by atoms with E-state index in [0.29, 0.717) is 51.4 Å². The van der Waals surface area contributed by atoms with Gasteiger partial charge in [-0.25, -0.2) is 4.98 Å². The first-order chi connectivity index (χ1) is 14.6. The van der Waals surface area contributed by atoms with Gasteiger partial charge in [0.2, 0.25) is 5.89 Å². The van der Waals surface area contributed by atoms with Gasteiger partial charge in [-0.15, -0.1) is 0 Å². The Balaban J connectivity index is 1.64. The molecule has 7 heteroatoms. The molecule has 0 saturated heterocycles. The standard InChI is InChI=1S/C23H19ClN2O4/c1-3-29-19-10-8-14(12-16(19)24)22(27)25-18-13-15(9-11-20(18)28-2)23-26-17-6-4-5-7-21(17)30-23/h4-13H,3H2,1-2H3,(H,25,27). The zero-order valence-corrected chi connectivity index (χ0v) is 17.2. The van der Waals surface area contributed by atoms with Crippen molar-refractivity contribution in [2.24, 2.45) is 0 Å². The quantitative estimate of drug-likeness (QED) is 0.424. The summed E-state index contributed by atoms with van der Waals surface area (Å²) in [5.74, 6) is 1.18. The first kappa shape index (κ1) is 19.8. The molecule has 30 heavy (non-hydrogen) atoms. The van der Waals surface area contributed by atoms with Crippen LogP contribution in [-0.4, -0.2) is 24.6 Å². The van der Waals surface area contributed by atoms with Crippen molar-refractivity contribution in [2.45, 2.75) is 6.92 Å². The maximum Gasteiger partial charge on any atom is 0.255 e. The number of anilines is 1. The highest BCUT2D eigenvalue weighted by atomic mass is 35.5. The van der Waals surface area contributed by atoms with Gasteiger partial charge in [0.15, 0.2) is 5.58 Å². The van der Waals surface area contributed by atoms with Crippen molar-refractivity contribution in [2.75, 3.05) is 19.0 Å². The molecule has 3 aromatic carbocycles. The number of para-hydroxylation sites is 2. The summed E-state index contributed by atoms with van der Waals surface area (Å²) >= 11 is 6.21. The fourth-order valence-corrected chi connectivity index (χ4v) is 3.28. The number of benzene rings is 3. The van der Waals surface area contributed by atoms with E-state index in [1.165, 1.54) is 7.11 Å². The van der Waals surface area contributed by atoms with Crippen molar-refractivity contribution in [1.82, 2.24) is 4.98 Å². The lowest BCUT2D eigenvalue weighted by atomic mass is 10.1. The molecule has 1 N–H and O–H groups in total. The molecule has 6 nitrogen and oxygen atoms in total. The predicted octanol–water partition coefficient (Wildman–Crippen LogP) is 5.81. The number of methoxy groups -OCH3 is 1. The van der Waals surface area contributed by atoms with Gasteiger partial charge < -0.3 is 19.2 Å². The molecule has 0 bridgehead atoms. The average Bonchev–Trinajstić information content (AvgIpc) is 3.19. The predicted molar refractivity (Wildman–Crippen MR) is 117 cm³/mol. The summed E-state index contributed by atoms with van der Waals surface area (Å²) in [6, 6.07) is 17.8. The van der Waals surface area contributed by atoms with Crippen LogP contribution in [0.25, 0.3) is 22.6 Å². The van der Waals surface area contributed by atoms with Crippen molar-refractivity contribution in [3.05, 3.63) is 71.2 Å². The number of oxazole rings is 1. The Morgan fingerprint density at radius 2 is 1.90 bits per heavy atom. The van der Waals surface area contributed by atoms with E-state index >= 15 is 0 Å². The second-order valence-electron chi connectivity index (χ2n) is 6.43. The van der Waals surface area contributed by atoms with E-state index in [0.717, 1.165) is 5.52 Å². The second kappa shape index (κ2) is 8.47. The summed E-state index contributed by atoms with van der Waals surface area (Å²) in [6.45, 7) is 2.36. The molecule has 0 fully saturated rings. The summed E-state index contributed by atoms with van der Waals surface area (Å²) < 4.78 is 16.6. The zero-order valence-electron chi connectivity index (χ0n) is 16.4. The van der Waals surface area contributed by atoms with E-state index in [9.17, 15) is 4.79 Å². The second-order valence-corrected chi connectivity index (χ2v) is 6.84. The molecule has 0 spiro atoms. The first-order valence-electron chi connectivity index (χ1n) is 9.36. The fraction of sp³-hybridized carbons (Fsp3) is 0.130. The molecule has 0 aliphatic heterocycles. The Morgan fingerprint density at radius 1 is 1.10 bits per heavy atom. The van der Waals surface area contributed by atoms with Gasteiger partial charge in [0.25, 0.3) is 5.91 Å². The highest BCUT2D eigenvalue weighted by Gasteiger charge is 2.15. The molecule has 0 saturated carbocycles. The number of amides is 1. The van der Waals surface area contributed by atoms with Gasteiger partial charge >= 0.3 is 0 Å². The smallest absolute Gasteiger partial charge is 0.255 e. The molecule has 4 rings (SSSR count). The van der Waals surface area contributed by atoms with Crippen LogP contribution < -0.4 is 14.8 Å². The molecule has 0 aliphatic rings. The average molecular weight is 423 g/mol. The first-order valence-corrected chi connectivity index (χ1v) is 9.74. The van der Waals surface area contributed by atoms with Gasteiger partial charge in [0, 0.05) is 11.1 Å². The van der Waals surface area contributed by atoms with Gasteiger partial charge in [0.1, 0.15) is 17.0 Å². The van der Waals surface area contributed by atoms with Crippen molar-refractivity contribution >= 4 is 34.3 Å². The fourth-order valence-electron chi connectivity index (χ4n) is 3.04. The normalized spacial score (nSPS) is 10.8. The Morgan fingerprint density at radius 3 is 2.63 bits per heavy atom. The molecule has 1 heterocycles. The van der Waals surface area contributed by atoms with E-state index in [1.54, 1.807) is 30.3 Å². The Bertz CT molecular complexity index is 1190. The number of ether oxygens (including phenoxy) is 2. The number of hydrogen-bond donors (Lipinski definition) is 1. The number of hydrogen-bond acceptors (Lipinski definition) is 5. The number of carbonyl (C=O) groups is 1. The molecule has 0 unspecified atom stereocenters. The van der Waals surface area contributed by atoms with Crippen LogP contribution in [0.3, 0.4) is 0 Å². The number of nitrogens with one attached hydrogen (secondary N) is 1. The van der Waals surface area contributed by atoms with Crippen LogP contribution in [0.5, 0.6) is 11.5 Å². The molecule has 152 valence electrons. The monoisotopic (exact) mass is 422 g/mol. The molecule has 1 amide bonds. The molecule has 0 aliphatic carbocycles. The number of rotatable bonds is 6. The minimum Gasteiger partial charge on any atom is -0.495 e. The highest BCUT2D eigenvalue weighted by Crippen LogP contribution is 2.32. The van der Waals surface area contributed by atoms with Gasteiger partial charge in [-0.05, 0) is 55.5 Å². The van der Waals surface area contributed by atoms with Crippen LogP contribution in [0.4, 0.5) is 5.69 Å². The minimum atomic E-state index is -0.326. The third-order valence-corrected chi connectivity index (χ3v) is 4.78. The topological polar surface area (TPSA) is 73.6 Å². The van der Waals surface area contributed by atoms with Crippen LogP contribution in [0.1, 0.15) is 17.3 Å². The van der Waals surface area contributed by atoms with Crippen molar-refractivity contribution in [3.63, 3.8) is 0 Å². The molecular weight excluding hydrogens is 404 g/mol. The van der Waals surface area contributed by atoms with Gasteiger partial charge in [-0.1, -0.05) is 23.7 Å². The summed E-state index contributed by atoms with van der Waals surface area (Å²) in [4.78, 5) is 17.3. The maximum atomic E-state index is 12.8. The minimum absolute atomic E-state index is 0.326. The highest BCUT2D eigenvalue weighted by molar-refractivity contribution is 6.32. The van der Waals surface area contributed by atoms with Gasteiger partial charge in [-0.2, -0.15) is 0 Å². The Labute approximate surface area is 178 Å². The van der Waals surface area contributed by atoms with E-state index in [2.05, 4.69) is 10.3 Å². The van der Waals surface area contributed by atoms with Gasteiger partial charge in [-0.3, -0.25) is 4.79 Å². The zero-order chi connectivity index (χ0) is 21.1. The third kappa shape index (κ3) is 3.95. The number of fused-ring (bicyclic) bond motifs is 1. The maximum absolute atomic E-state index is 12.8. The molecule has 0 atom stereocenters. The summed E-state index contributed by atoms with van der Waals surface area (Å²) in [7, 11) is 1.54. The number of aromatic nitrogens is 1. The SMILES string of the molecule is CCOc1ccc(C(=O)Nc2cc(-c3nc4ccccc4o3)ccc2OC)cc1Cl. The lowest BCUT2D eigenvalue weighted by Gasteiger charge is -2.12. The molecule has 4 aromatic rings. The third-order valence-electron chi connectivity index (χ3n) is 4.48. The Hall–Kier alpha value is -3.51. The summed E-state index contributed by atoms with van der Waals surface area (Å²) in [5, 5.41) is 3.24. The van der Waals surface area contributed by atoms with E-state index < -0.39 is 0 Å². The van der Waals surface area contributed by atoms with Crippen LogP contribution >= 0.6 is 11.6 Å². The van der Waals surface area contributed by atoms with Crippen molar-refractivity contribution in [3.8, 4) is 23.0 Å². The lowest BCUT2D eigenvalue weighted by Crippen LogP contribution is -2.13. The molecule has 1 aromatic heterocycles. The van der Waals surface area contributed by atoms with Crippen LogP contribution in [0.15, 0.2) is 65.1 Å². The molecule has 0 radical (unpaired) electrons. The van der Waals surface area contributed by atoms with Crippen molar-refractivity contribution < 1.29 is 18.7 Å². The van der Waals surface area contributed by atoms with Crippen LogP contribution in [0, 0.1) is 0 Å². The van der Waals surface area contributed by atoms with Crippen LogP contribution in [0.2, 0.25) is 5.02 Å². The van der Waals surface area contributed by atoms with E-state index in [1.807, 2.05) is 37.3 Å².